The molecule has 2 aromatic rings. The molecule has 79 valence electrons. The van der Waals surface area contributed by atoms with Crippen molar-refractivity contribution in [3.05, 3.63) is 48.4 Å². The molecule has 16 heavy (non-hydrogen) atoms. The van der Waals surface area contributed by atoms with Crippen molar-refractivity contribution in [1.29, 1.82) is 0 Å². The highest BCUT2D eigenvalue weighted by Crippen LogP contribution is 2.14. The smallest absolute Gasteiger partial charge is 0.195 e. The Morgan fingerprint density at radius 2 is 2.25 bits per heavy atom. The van der Waals surface area contributed by atoms with E-state index in [2.05, 4.69) is 21.0 Å². The number of aromatic nitrogens is 2. The molecule has 0 spiro atoms. The van der Waals surface area contributed by atoms with Gasteiger partial charge in [-0.3, -0.25) is 4.99 Å². The number of hydrogen-bond donors (Lipinski definition) is 1. The Morgan fingerprint density at radius 3 is 2.94 bits per heavy atom. The second-order valence-electron chi connectivity index (χ2n) is 3.15. The fourth-order valence-corrected chi connectivity index (χ4v) is 1.28. The molecule has 0 unspecified atom stereocenters. The van der Waals surface area contributed by atoms with Crippen LogP contribution in [-0.4, -0.2) is 22.9 Å². The molecule has 4 heteroatoms. The van der Waals surface area contributed by atoms with Crippen LogP contribution in [0.25, 0.3) is 11.3 Å². The third-order valence-corrected chi connectivity index (χ3v) is 2.11. The van der Waals surface area contributed by atoms with Gasteiger partial charge in [0.05, 0.1) is 5.69 Å². The van der Waals surface area contributed by atoms with Gasteiger partial charge in [0.15, 0.2) is 11.7 Å². The van der Waals surface area contributed by atoms with E-state index < -0.39 is 0 Å². The fraction of sp³-hybridized carbons (Fsp3) is 0.0833. The molecule has 0 aliphatic carbocycles. The average Bonchev–Trinajstić information content (AvgIpc) is 2.39. The Balaban J connectivity index is 2.44. The van der Waals surface area contributed by atoms with E-state index in [1.807, 2.05) is 30.3 Å². The highest BCUT2D eigenvalue weighted by Gasteiger charge is 2.04. The van der Waals surface area contributed by atoms with Crippen LogP contribution < -0.4 is 5.73 Å². The number of nitrogens with two attached hydrogens (primary N) is 1. The van der Waals surface area contributed by atoms with Gasteiger partial charge in [-0.25, -0.2) is 9.97 Å². The van der Waals surface area contributed by atoms with Crippen molar-refractivity contribution in [3.8, 4) is 11.3 Å². The summed E-state index contributed by atoms with van der Waals surface area (Å²) in [6, 6.07) is 12.5. The first-order valence-electron chi connectivity index (χ1n) is 4.84. The monoisotopic (exact) mass is 211 g/mol. The lowest BCUT2D eigenvalue weighted by molar-refractivity contribution is 1.12. The first-order chi connectivity index (χ1) is 7.81. The molecule has 2 rings (SSSR count). The lowest BCUT2D eigenvalue weighted by atomic mass is 10.1. The van der Waals surface area contributed by atoms with Crippen LogP contribution in [0.15, 0.2) is 41.5 Å². The van der Waals surface area contributed by atoms with Crippen LogP contribution in [-0.2, 0) is 0 Å². The van der Waals surface area contributed by atoms with Crippen molar-refractivity contribution in [2.24, 2.45) is 10.7 Å². The van der Waals surface area contributed by atoms with Crippen LogP contribution in [0.3, 0.4) is 0 Å². The molecule has 1 heterocycles. The van der Waals surface area contributed by atoms with Gasteiger partial charge < -0.3 is 5.73 Å². The van der Waals surface area contributed by atoms with Gasteiger partial charge in [0.1, 0.15) is 0 Å². The van der Waals surface area contributed by atoms with Crippen molar-refractivity contribution in [1.82, 2.24) is 9.97 Å². The first kappa shape index (κ1) is 10.3. The van der Waals surface area contributed by atoms with E-state index in [0.717, 1.165) is 11.3 Å². The van der Waals surface area contributed by atoms with E-state index in [-0.39, 0.29) is 0 Å². The van der Waals surface area contributed by atoms with Gasteiger partial charge in [-0.05, 0) is 12.1 Å². The summed E-state index contributed by atoms with van der Waals surface area (Å²) in [6.45, 7) is 0. The summed E-state index contributed by atoms with van der Waals surface area (Å²) < 4.78 is 0. The molecular weight excluding hydrogens is 200 g/mol. The van der Waals surface area contributed by atoms with Gasteiger partial charge in [-0.2, -0.15) is 0 Å². The van der Waals surface area contributed by atoms with E-state index in [9.17, 15) is 0 Å². The van der Waals surface area contributed by atoms with Crippen molar-refractivity contribution in [2.45, 2.75) is 0 Å². The van der Waals surface area contributed by atoms with Gasteiger partial charge in [0, 0.05) is 18.8 Å². The van der Waals surface area contributed by atoms with E-state index >= 15 is 0 Å². The summed E-state index contributed by atoms with van der Waals surface area (Å²) in [7, 11) is 1.61. The van der Waals surface area contributed by atoms with E-state index in [4.69, 9.17) is 5.73 Å². The molecule has 0 amide bonds. The van der Waals surface area contributed by atoms with Crippen molar-refractivity contribution < 1.29 is 0 Å². The minimum atomic E-state index is 0.331. The molecule has 1 aromatic carbocycles. The van der Waals surface area contributed by atoms with Crippen LogP contribution in [0.2, 0.25) is 0 Å². The standard InChI is InChI=1S/C12H11N4/c1-14-11(13)12-15-8-7-10(16-12)9-5-3-2-4-6-9/h2-5,7-8H,1H3,(H2,13,14). The Kier molecular flexibility index (Phi) is 2.91. The van der Waals surface area contributed by atoms with Gasteiger partial charge >= 0.3 is 0 Å². The summed E-state index contributed by atoms with van der Waals surface area (Å²) in [6.07, 6.45) is 1.66. The van der Waals surface area contributed by atoms with E-state index in [0.29, 0.717) is 11.7 Å². The maximum absolute atomic E-state index is 5.66. The molecule has 0 saturated carbocycles. The van der Waals surface area contributed by atoms with Crippen LogP contribution in [0, 0.1) is 6.07 Å². The molecule has 2 N–H and O–H groups in total. The predicted octanol–water partition coefficient (Wildman–Crippen LogP) is 1.28. The lowest BCUT2D eigenvalue weighted by Gasteiger charge is -2.02. The largest absolute Gasteiger partial charge is 0.381 e. The van der Waals surface area contributed by atoms with Gasteiger partial charge in [0.25, 0.3) is 0 Å². The van der Waals surface area contributed by atoms with Crippen LogP contribution in [0.4, 0.5) is 0 Å². The third-order valence-electron chi connectivity index (χ3n) is 2.11. The van der Waals surface area contributed by atoms with Gasteiger partial charge in [0.2, 0.25) is 0 Å². The zero-order chi connectivity index (χ0) is 11.4. The quantitative estimate of drug-likeness (QED) is 0.601. The summed E-state index contributed by atoms with van der Waals surface area (Å²) in [5.41, 5.74) is 7.36. The lowest BCUT2D eigenvalue weighted by Crippen LogP contribution is -2.16. The molecular formula is C12H11N4. The second kappa shape index (κ2) is 4.53. The zero-order valence-electron chi connectivity index (χ0n) is 8.88. The maximum atomic E-state index is 5.66. The number of amidine groups is 1. The molecule has 1 aromatic heterocycles. The SMILES string of the molecule is CN=C(N)c1nccc(-c2[c]cccc2)n1. The Bertz CT molecular complexity index is 505. The van der Waals surface area contributed by atoms with E-state index in [1.165, 1.54) is 0 Å². The van der Waals surface area contributed by atoms with E-state index in [1.54, 1.807) is 13.2 Å². The third kappa shape index (κ3) is 2.06. The molecule has 0 aliphatic rings. The highest BCUT2D eigenvalue weighted by molar-refractivity contribution is 5.94. The maximum Gasteiger partial charge on any atom is 0.195 e. The summed E-state index contributed by atoms with van der Waals surface area (Å²) >= 11 is 0. The number of hydrogen-bond acceptors (Lipinski definition) is 3. The number of aliphatic imine (C=N–C) groups is 1. The molecule has 4 nitrogen and oxygen atoms in total. The fourth-order valence-electron chi connectivity index (χ4n) is 1.28. The zero-order valence-corrected chi connectivity index (χ0v) is 8.88. The number of nitrogens with zero attached hydrogens (tertiary/aromatic N) is 3. The topological polar surface area (TPSA) is 64.2 Å². The normalized spacial score (nSPS) is 11.4. The molecule has 1 radical (unpaired) electrons. The van der Waals surface area contributed by atoms with Crippen LogP contribution in [0.5, 0.6) is 0 Å². The predicted molar refractivity (Wildman–Crippen MR) is 63.0 cm³/mol. The minimum absolute atomic E-state index is 0.331. The molecule has 0 aliphatic heterocycles. The van der Waals surface area contributed by atoms with Crippen LogP contribution in [0.1, 0.15) is 5.82 Å². The van der Waals surface area contributed by atoms with Crippen molar-refractivity contribution in [3.63, 3.8) is 0 Å². The Morgan fingerprint density at radius 1 is 1.38 bits per heavy atom. The summed E-state index contributed by atoms with van der Waals surface area (Å²) in [5.74, 6) is 0.773. The number of rotatable bonds is 2. The van der Waals surface area contributed by atoms with Crippen LogP contribution >= 0.6 is 0 Å². The first-order valence-corrected chi connectivity index (χ1v) is 4.84. The highest BCUT2D eigenvalue weighted by atomic mass is 15.0. The molecule has 0 bridgehead atoms. The van der Waals surface area contributed by atoms with Crippen molar-refractivity contribution in [2.75, 3.05) is 7.05 Å². The Labute approximate surface area is 93.9 Å². The summed E-state index contributed by atoms with van der Waals surface area (Å²) in [4.78, 5) is 12.2. The van der Waals surface area contributed by atoms with Gasteiger partial charge in [-0.15, -0.1) is 0 Å². The number of benzene rings is 1. The van der Waals surface area contributed by atoms with Gasteiger partial charge in [-0.1, -0.05) is 24.3 Å². The minimum Gasteiger partial charge on any atom is -0.381 e. The molecule has 0 fully saturated rings. The average molecular weight is 211 g/mol. The van der Waals surface area contributed by atoms with Crippen molar-refractivity contribution >= 4 is 5.84 Å². The molecule has 0 atom stereocenters. The molecule has 0 saturated heterocycles. The Hall–Kier alpha value is -2.23. The second-order valence-corrected chi connectivity index (χ2v) is 3.15. The summed E-state index contributed by atoms with van der Waals surface area (Å²) in [5, 5.41) is 0.